The average molecular weight is 431 g/mol. The molecular formula is C26H30N4O2. The highest BCUT2D eigenvalue weighted by molar-refractivity contribution is 5.97. The fourth-order valence-corrected chi connectivity index (χ4v) is 4.45. The Balaban J connectivity index is 1.55. The molecule has 6 heteroatoms. The molecule has 0 saturated carbocycles. The number of likely N-dealkylation sites (tertiary alicyclic amines) is 1. The molecule has 1 aliphatic rings. The van der Waals surface area contributed by atoms with E-state index in [2.05, 4.69) is 33.2 Å². The van der Waals surface area contributed by atoms with Crippen LogP contribution in [0.25, 0.3) is 0 Å². The molecule has 1 fully saturated rings. The minimum absolute atomic E-state index is 0.143. The number of methoxy groups -OCH3 is 1. The SMILES string of the molecule is COc1ccccc1C(=O)N[C@H](c1ccccn1)[C@@H]1CCCN(Cc2ncccc2C)C1. The molecule has 0 unspecified atom stereocenters. The number of aryl methyl sites for hydroxylation is 1. The normalized spacial score (nSPS) is 17.5. The third-order valence-electron chi connectivity index (χ3n) is 6.15. The number of rotatable bonds is 7. The molecule has 1 aliphatic heterocycles. The van der Waals surface area contributed by atoms with Crippen molar-refractivity contribution in [2.24, 2.45) is 5.92 Å². The summed E-state index contributed by atoms with van der Waals surface area (Å²) in [5.74, 6) is 0.679. The van der Waals surface area contributed by atoms with Gasteiger partial charge < -0.3 is 10.1 Å². The quantitative estimate of drug-likeness (QED) is 0.609. The second-order valence-corrected chi connectivity index (χ2v) is 8.31. The van der Waals surface area contributed by atoms with Gasteiger partial charge in [0.05, 0.1) is 30.1 Å². The molecule has 3 heterocycles. The molecule has 0 spiro atoms. The van der Waals surface area contributed by atoms with Gasteiger partial charge in [-0.2, -0.15) is 0 Å². The first-order valence-electron chi connectivity index (χ1n) is 11.1. The number of aromatic nitrogens is 2. The molecule has 0 bridgehead atoms. The molecule has 2 aromatic heterocycles. The molecule has 1 amide bonds. The number of carbonyl (C=O) groups excluding carboxylic acids is 1. The highest BCUT2D eigenvalue weighted by Crippen LogP contribution is 2.30. The van der Waals surface area contributed by atoms with Crippen LogP contribution in [0.15, 0.2) is 67.0 Å². The molecular weight excluding hydrogens is 400 g/mol. The van der Waals surface area contributed by atoms with E-state index >= 15 is 0 Å². The van der Waals surface area contributed by atoms with E-state index in [9.17, 15) is 4.79 Å². The summed E-state index contributed by atoms with van der Waals surface area (Å²) < 4.78 is 5.40. The van der Waals surface area contributed by atoms with E-state index in [0.29, 0.717) is 11.3 Å². The van der Waals surface area contributed by atoms with Crippen LogP contribution in [0, 0.1) is 12.8 Å². The van der Waals surface area contributed by atoms with E-state index in [0.717, 1.165) is 43.9 Å². The highest BCUT2D eigenvalue weighted by Gasteiger charge is 2.31. The zero-order valence-corrected chi connectivity index (χ0v) is 18.7. The van der Waals surface area contributed by atoms with Crippen LogP contribution in [0.4, 0.5) is 0 Å². The molecule has 166 valence electrons. The van der Waals surface area contributed by atoms with Gasteiger partial charge in [0.2, 0.25) is 0 Å². The molecule has 1 aromatic carbocycles. The summed E-state index contributed by atoms with van der Waals surface area (Å²) in [5, 5.41) is 3.27. The number of nitrogens with one attached hydrogen (secondary N) is 1. The van der Waals surface area contributed by atoms with Crippen LogP contribution in [0.3, 0.4) is 0 Å². The molecule has 1 N–H and O–H groups in total. The Morgan fingerprint density at radius 1 is 1.12 bits per heavy atom. The van der Waals surface area contributed by atoms with Crippen molar-refractivity contribution in [1.82, 2.24) is 20.2 Å². The van der Waals surface area contributed by atoms with Crippen LogP contribution >= 0.6 is 0 Å². The van der Waals surface area contributed by atoms with Gasteiger partial charge in [-0.25, -0.2) is 0 Å². The van der Waals surface area contributed by atoms with Crippen molar-refractivity contribution in [3.05, 3.63) is 89.5 Å². The fraction of sp³-hybridized carbons (Fsp3) is 0.346. The molecule has 1 saturated heterocycles. The molecule has 3 aromatic rings. The Labute approximate surface area is 189 Å². The van der Waals surface area contributed by atoms with Gasteiger partial charge in [0.1, 0.15) is 5.75 Å². The summed E-state index contributed by atoms with van der Waals surface area (Å²) in [7, 11) is 1.58. The van der Waals surface area contributed by atoms with Gasteiger partial charge in [-0.15, -0.1) is 0 Å². The Hall–Kier alpha value is -3.25. The first-order valence-corrected chi connectivity index (χ1v) is 11.1. The molecule has 6 nitrogen and oxygen atoms in total. The third-order valence-corrected chi connectivity index (χ3v) is 6.15. The zero-order valence-electron chi connectivity index (χ0n) is 18.7. The van der Waals surface area contributed by atoms with Gasteiger partial charge >= 0.3 is 0 Å². The standard InChI is InChI=1S/C26H30N4O2/c1-19-9-7-15-28-23(19)18-30-16-8-10-20(17-30)25(22-12-5-6-14-27-22)29-26(31)21-11-3-4-13-24(21)32-2/h3-7,9,11-15,20,25H,8,10,16-18H2,1-2H3,(H,29,31)/t20-,25+/m1/s1. The maximum Gasteiger partial charge on any atom is 0.255 e. The van der Waals surface area contributed by atoms with E-state index in [-0.39, 0.29) is 17.9 Å². The van der Waals surface area contributed by atoms with Crippen molar-refractivity contribution in [2.45, 2.75) is 32.4 Å². The lowest BCUT2D eigenvalue weighted by Gasteiger charge is -2.37. The van der Waals surface area contributed by atoms with Crippen molar-refractivity contribution < 1.29 is 9.53 Å². The number of hydrogen-bond acceptors (Lipinski definition) is 5. The number of amides is 1. The molecule has 32 heavy (non-hydrogen) atoms. The van der Waals surface area contributed by atoms with Crippen molar-refractivity contribution in [3.8, 4) is 5.75 Å². The second-order valence-electron chi connectivity index (χ2n) is 8.31. The first-order chi connectivity index (χ1) is 15.7. The van der Waals surface area contributed by atoms with Crippen LogP contribution in [-0.2, 0) is 6.54 Å². The van der Waals surface area contributed by atoms with Crippen LogP contribution in [-0.4, -0.2) is 41.0 Å². The van der Waals surface area contributed by atoms with Crippen LogP contribution in [0.2, 0.25) is 0 Å². The van der Waals surface area contributed by atoms with Crippen molar-refractivity contribution >= 4 is 5.91 Å². The molecule has 2 atom stereocenters. The fourth-order valence-electron chi connectivity index (χ4n) is 4.45. The van der Waals surface area contributed by atoms with Gasteiger partial charge in [-0.05, 0) is 68.1 Å². The summed E-state index contributed by atoms with van der Waals surface area (Å²) in [5.41, 5.74) is 3.74. The molecule has 0 aliphatic carbocycles. The van der Waals surface area contributed by atoms with Crippen LogP contribution in [0.1, 0.15) is 46.2 Å². The summed E-state index contributed by atoms with van der Waals surface area (Å²) in [4.78, 5) is 24.8. The number of nitrogens with zero attached hydrogens (tertiary/aromatic N) is 3. The minimum atomic E-state index is -0.179. The Bertz CT molecular complexity index is 1040. The maximum absolute atomic E-state index is 13.2. The van der Waals surface area contributed by atoms with Crippen molar-refractivity contribution in [3.63, 3.8) is 0 Å². The number of ether oxygens (including phenoxy) is 1. The Kier molecular flexibility index (Phi) is 7.12. The van der Waals surface area contributed by atoms with Crippen molar-refractivity contribution in [2.75, 3.05) is 20.2 Å². The van der Waals surface area contributed by atoms with E-state index in [1.165, 1.54) is 5.56 Å². The Morgan fingerprint density at radius 2 is 1.94 bits per heavy atom. The summed E-state index contributed by atoms with van der Waals surface area (Å²) >= 11 is 0. The maximum atomic E-state index is 13.2. The summed E-state index contributed by atoms with van der Waals surface area (Å²) in [6.07, 6.45) is 5.75. The van der Waals surface area contributed by atoms with E-state index in [1.807, 2.05) is 48.7 Å². The van der Waals surface area contributed by atoms with Crippen molar-refractivity contribution in [1.29, 1.82) is 0 Å². The minimum Gasteiger partial charge on any atom is -0.496 e. The predicted octanol–water partition coefficient (Wildman–Crippen LogP) is 4.18. The summed E-state index contributed by atoms with van der Waals surface area (Å²) in [6, 6.07) is 17.1. The topological polar surface area (TPSA) is 67.3 Å². The number of pyridine rings is 2. The van der Waals surface area contributed by atoms with Crippen LogP contribution in [0.5, 0.6) is 5.75 Å². The highest BCUT2D eigenvalue weighted by atomic mass is 16.5. The Morgan fingerprint density at radius 3 is 2.72 bits per heavy atom. The van der Waals surface area contributed by atoms with E-state index < -0.39 is 0 Å². The molecule has 4 rings (SSSR count). The smallest absolute Gasteiger partial charge is 0.255 e. The lowest BCUT2D eigenvalue weighted by Crippen LogP contribution is -2.43. The average Bonchev–Trinajstić information content (AvgIpc) is 2.84. The number of benzene rings is 1. The third kappa shape index (κ3) is 5.14. The second kappa shape index (κ2) is 10.4. The monoisotopic (exact) mass is 430 g/mol. The van der Waals surface area contributed by atoms with Gasteiger partial charge in [0.25, 0.3) is 5.91 Å². The number of piperidine rings is 1. The predicted molar refractivity (Wildman–Crippen MR) is 124 cm³/mol. The van der Waals surface area contributed by atoms with E-state index in [1.54, 1.807) is 19.4 Å². The summed E-state index contributed by atoms with van der Waals surface area (Å²) in [6.45, 7) is 4.83. The van der Waals surface area contributed by atoms with Gasteiger partial charge in [0, 0.05) is 25.5 Å². The number of hydrogen-bond donors (Lipinski definition) is 1. The first kappa shape index (κ1) is 22.0. The van der Waals surface area contributed by atoms with Gasteiger partial charge in [-0.3, -0.25) is 19.7 Å². The largest absolute Gasteiger partial charge is 0.496 e. The number of carbonyl (C=O) groups is 1. The number of para-hydroxylation sites is 1. The zero-order chi connectivity index (χ0) is 22.3. The lowest BCUT2D eigenvalue weighted by atomic mass is 9.88. The van der Waals surface area contributed by atoms with Gasteiger partial charge in [0.15, 0.2) is 0 Å². The van der Waals surface area contributed by atoms with Crippen LogP contribution < -0.4 is 10.1 Å². The lowest BCUT2D eigenvalue weighted by molar-refractivity contribution is 0.0871. The molecule has 0 radical (unpaired) electrons. The van der Waals surface area contributed by atoms with E-state index in [4.69, 9.17) is 4.74 Å². The van der Waals surface area contributed by atoms with Gasteiger partial charge in [-0.1, -0.05) is 24.3 Å².